The third-order valence-electron chi connectivity index (χ3n) is 6.58. The number of rotatable bonds is 5. The molecule has 4 aromatic carbocycles. The maximum Gasteiger partial charge on any atom is 0.255 e. The lowest BCUT2D eigenvalue weighted by atomic mass is 10.1. The fourth-order valence-corrected chi connectivity index (χ4v) is 4.57. The number of H-pyrrole nitrogens is 1. The molecule has 0 aliphatic carbocycles. The standard InChI is InChI=1S/C30H26N4O3/c35-26-3-1-2-22(18-26)23-8-13-27-28(19-23)33-29(32-27)20-4-6-21(7-5-20)30(36)31-24-9-11-25(12-10-24)34-14-16-37-17-15-34/h1-13,18-19,35H,14-17H2,(H,31,36)(H,32,33). The van der Waals surface area contributed by atoms with E-state index >= 15 is 0 Å². The average molecular weight is 491 g/mol. The second-order valence-electron chi connectivity index (χ2n) is 9.05. The minimum absolute atomic E-state index is 0.161. The quantitative estimate of drug-likeness (QED) is 0.294. The molecule has 1 aliphatic heterocycles. The van der Waals surface area contributed by atoms with Gasteiger partial charge in [0.25, 0.3) is 5.91 Å². The minimum atomic E-state index is -0.161. The lowest BCUT2D eigenvalue weighted by Crippen LogP contribution is -2.36. The maximum atomic E-state index is 12.8. The van der Waals surface area contributed by atoms with Gasteiger partial charge in [0.2, 0.25) is 0 Å². The number of nitrogens with one attached hydrogen (secondary N) is 2. The van der Waals surface area contributed by atoms with Gasteiger partial charge in [-0.15, -0.1) is 0 Å². The van der Waals surface area contributed by atoms with Crippen LogP contribution < -0.4 is 10.2 Å². The van der Waals surface area contributed by atoms with Crippen LogP contribution in [0.2, 0.25) is 0 Å². The number of carbonyl (C=O) groups excluding carboxylic acids is 1. The van der Waals surface area contributed by atoms with Crippen LogP contribution >= 0.6 is 0 Å². The van der Waals surface area contributed by atoms with Crippen molar-refractivity contribution < 1.29 is 14.6 Å². The van der Waals surface area contributed by atoms with Gasteiger partial charge in [-0.2, -0.15) is 0 Å². The van der Waals surface area contributed by atoms with Crippen LogP contribution in [0, 0.1) is 0 Å². The highest BCUT2D eigenvalue weighted by Crippen LogP contribution is 2.28. The molecule has 1 aromatic heterocycles. The summed E-state index contributed by atoms with van der Waals surface area (Å²) in [5, 5.41) is 12.8. The van der Waals surface area contributed by atoms with Gasteiger partial charge in [0.1, 0.15) is 11.6 Å². The van der Waals surface area contributed by atoms with Gasteiger partial charge < -0.3 is 25.0 Å². The normalized spacial score (nSPS) is 13.6. The zero-order chi connectivity index (χ0) is 25.2. The lowest BCUT2D eigenvalue weighted by Gasteiger charge is -2.28. The van der Waals surface area contributed by atoms with E-state index in [0.29, 0.717) is 5.56 Å². The van der Waals surface area contributed by atoms with Gasteiger partial charge in [-0.25, -0.2) is 4.98 Å². The number of carbonyl (C=O) groups is 1. The van der Waals surface area contributed by atoms with Crippen LogP contribution in [0.4, 0.5) is 11.4 Å². The predicted molar refractivity (Wildman–Crippen MR) is 146 cm³/mol. The Balaban J connectivity index is 1.15. The van der Waals surface area contributed by atoms with Crippen molar-refractivity contribution in [1.29, 1.82) is 0 Å². The summed E-state index contributed by atoms with van der Waals surface area (Å²) in [6.45, 7) is 3.23. The number of fused-ring (bicyclic) bond motifs is 1. The number of ether oxygens (including phenoxy) is 1. The Kier molecular flexibility index (Phi) is 6.04. The fourth-order valence-electron chi connectivity index (χ4n) is 4.57. The topological polar surface area (TPSA) is 90.5 Å². The number of aromatic amines is 1. The molecule has 6 rings (SSSR count). The second-order valence-corrected chi connectivity index (χ2v) is 9.05. The zero-order valence-corrected chi connectivity index (χ0v) is 20.1. The predicted octanol–water partition coefficient (Wildman–Crippen LogP) is 5.69. The monoisotopic (exact) mass is 490 g/mol. The highest BCUT2D eigenvalue weighted by atomic mass is 16.5. The van der Waals surface area contributed by atoms with E-state index in [1.807, 2.05) is 66.7 Å². The van der Waals surface area contributed by atoms with E-state index in [4.69, 9.17) is 9.72 Å². The number of phenols is 1. The Morgan fingerprint density at radius 2 is 1.59 bits per heavy atom. The number of morpholine rings is 1. The van der Waals surface area contributed by atoms with E-state index in [0.717, 1.165) is 71.2 Å². The van der Waals surface area contributed by atoms with E-state index in [1.165, 1.54) is 0 Å². The number of anilines is 2. The Labute approximate surface area is 214 Å². The van der Waals surface area contributed by atoms with Crippen LogP contribution in [0.5, 0.6) is 5.75 Å². The first-order chi connectivity index (χ1) is 18.1. The van der Waals surface area contributed by atoms with Crippen molar-refractivity contribution in [2.75, 3.05) is 36.5 Å². The van der Waals surface area contributed by atoms with Crippen LogP contribution in [0.25, 0.3) is 33.5 Å². The Morgan fingerprint density at radius 3 is 2.35 bits per heavy atom. The van der Waals surface area contributed by atoms with E-state index in [-0.39, 0.29) is 11.7 Å². The summed E-state index contributed by atoms with van der Waals surface area (Å²) in [5.74, 6) is 0.803. The summed E-state index contributed by atoms with van der Waals surface area (Å²) in [6.07, 6.45) is 0. The number of hydrogen-bond donors (Lipinski definition) is 3. The minimum Gasteiger partial charge on any atom is -0.508 e. The van der Waals surface area contributed by atoms with Gasteiger partial charge in [-0.3, -0.25) is 4.79 Å². The smallest absolute Gasteiger partial charge is 0.255 e. The molecule has 1 aliphatic rings. The van der Waals surface area contributed by atoms with Crippen molar-refractivity contribution in [3.63, 3.8) is 0 Å². The molecular weight excluding hydrogens is 464 g/mol. The molecule has 0 spiro atoms. The van der Waals surface area contributed by atoms with Crippen molar-refractivity contribution in [3.8, 4) is 28.3 Å². The van der Waals surface area contributed by atoms with Gasteiger partial charge in [0, 0.05) is 35.6 Å². The highest BCUT2D eigenvalue weighted by molar-refractivity contribution is 6.04. The summed E-state index contributed by atoms with van der Waals surface area (Å²) in [4.78, 5) is 23.2. The molecule has 37 heavy (non-hydrogen) atoms. The molecule has 3 N–H and O–H groups in total. The summed E-state index contributed by atoms with van der Waals surface area (Å²) in [7, 11) is 0. The number of aromatic nitrogens is 2. The van der Waals surface area contributed by atoms with Crippen LogP contribution in [0.1, 0.15) is 10.4 Å². The maximum absolute atomic E-state index is 12.8. The number of amides is 1. The number of nitrogens with zero attached hydrogens (tertiary/aromatic N) is 2. The van der Waals surface area contributed by atoms with E-state index in [1.54, 1.807) is 24.3 Å². The Bertz CT molecular complexity index is 1550. The van der Waals surface area contributed by atoms with Crippen LogP contribution in [0.15, 0.2) is 91.0 Å². The first-order valence-electron chi connectivity index (χ1n) is 12.3. The molecule has 0 radical (unpaired) electrons. The van der Waals surface area contributed by atoms with E-state index in [2.05, 4.69) is 15.2 Å². The molecule has 1 fully saturated rings. The number of phenolic OH excluding ortho intramolecular Hbond substituents is 1. The average Bonchev–Trinajstić information content (AvgIpc) is 3.38. The molecule has 0 saturated carbocycles. The van der Waals surface area contributed by atoms with Gasteiger partial charge in [0.05, 0.1) is 24.2 Å². The zero-order valence-electron chi connectivity index (χ0n) is 20.1. The summed E-state index contributed by atoms with van der Waals surface area (Å²) in [6, 6.07) is 28.4. The molecule has 2 heterocycles. The summed E-state index contributed by atoms with van der Waals surface area (Å²) >= 11 is 0. The molecular formula is C30H26N4O3. The van der Waals surface area contributed by atoms with E-state index in [9.17, 15) is 9.90 Å². The summed E-state index contributed by atoms with van der Waals surface area (Å²) in [5.41, 5.74) is 7.02. The van der Waals surface area contributed by atoms with Crippen molar-refractivity contribution >= 4 is 28.3 Å². The van der Waals surface area contributed by atoms with Crippen LogP contribution in [0.3, 0.4) is 0 Å². The number of imidazole rings is 1. The second kappa shape index (κ2) is 9.79. The molecule has 7 heteroatoms. The molecule has 0 unspecified atom stereocenters. The number of benzene rings is 4. The van der Waals surface area contributed by atoms with Crippen molar-refractivity contribution in [2.45, 2.75) is 0 Å². The summed E-state index contributed by atoms with van der Waals surface area (Å²) < 4.78 is 5.41. The first-order valence-corrected chi connectivity index (χ1v) is 12.3. The van der Waals surface area contributed by atoms with Gasteiger partial charge in [0.15, 0.2) is 0 Å². The third kappa shape index (κ3) is 4.90. The van der Waals surface area contributed by atoms with Gasteiger partial charge >= 0.3 is 0 Å². The molecule has 5 aromatic rings. The number of aromatic hydroxyl groups is 1. The molecule has 0 atom stereocenters. The van der Waals surface area contributed by atoms with E-state index < -0.39 is 0 Å². The fraction of sp³-hybridized carbons (Fsp3) is 0.133. The Hall–Kier alpha value is -4.62. The highest BCUT2D eigenvalue weighted by Gasteiger charge is 2.13. The number of hydrogen-bond acceptors (Lipinski definition) is 5. The van der Waals surface area contributed by atoms with Crippen LogP contribution in [-0.4, -0.2) is 47.3 Å². The van der Waals surface area contributed by atoms with Crippen molar-refractivity contribution in [2.24, 2.45) is 0 Å². The molecule has 1 saturated heterocycles. The van der Waals surface area contributed by atoms with Crippen LogP contribution in [-0.2, 0) is 4.74 Å². The molecule has 1 amide bonds. The lowest BCUT2D eigenvalue weighted by molar-refractivity contribution is 0.102. The largest absolute Gasteiger partial charge is 0.508 e. The molecule has 7 nitrogen and oxygen atoms in total. The van der Waals surface area contributed by atoms with Crippen molar-refractivity contribution in [3.05, 3.63) is 96.6 Å². The molecule has 0 bridgehead atoms. The first kappa shape index (κ1) is 22.8. The molecule has 184 valence electrons. The van der Waals surface area contributed by atoms with Crippen molar-refractivity contribution in [1.82, 2.24) is 9.97 Å². The van der Waals surface area contributed by atoms with Gasteiger partial charge in [-0.05, 0) is 71.8 Å². The third-order valence-corrected chi connectivity index (χ3v) is 6.58. The SMILES string of the molecule is O=C(Nc1ccc(N2CCOCC2)cc1)c1ccc(-c2nc3ccc(-c4cccc(O)c4)cc3[nH]2)cc1. The van der Waals surface area contributed by atoms with Gasteiger partial charge in [-0.1, -0.05) is 30.3 Å². The Morgan fingerprint density at radius 1 is 0.865 bits per heavy atom.